The number of nitrogens with one attached hydrogen (secondary N) is 2. The van der Waals surface area contributed by atoms with Gasteiger partial charge in [-0.15, -0.1) is 0 Å². The van der Waals surface area contributed by atoms with Gasteiger partial charge in [-0.1, -0.05) is 29.8 Å². The minimum absolute atomic E-state index is 0.0837. The van der Waals surface area contributed by atoms with Gasteiger partial charge in [-0.3, -0.25) is 9.59 Å². The van der Waals surface area contributed by atoms with Crippen LogP contribution in [-0.2, 0) is 9.59 Å². The number of halogens is 3. The van der Waals surface area contributed by atoms with Crippen molar-refractivity contribution in [2.45, 2.75) is 0 Å². The zero-order valence-corrected chi connectivity index (χ0v) is 20.9. The topological polar surface area (TPSA) is 91.2 Å². The van der Waals surface area contributed by atoms with Gasteiger partial charge >= 0.3 is 0 Å². The molecule has 0 aliphatic heterocycles. The lowest BCUT2D eigenvalue weighted by atomic mass is 10.1. The van der Waals surface area contributed by atoms with Crippen LogP contribution in [0.1, 0.15) is 5.56 Å². The van der Waals surface area contributed by atoms with Crippen LogP contribution in [0.25, 0.3) is 6.08 Å². The van der Waals surface area contributed by atoms with Crippen molar-refractivity contribution >= 4 is 72.7 Å². The number of anilines is 2. The third-order valence-electron chi connectivity index (χ3n) is 4.20. The first-order valence-corrected chi connectivity index (χ1v) is 11.5. The number of amides is 2. The molecule has 0 saturated carbocycles. The van der Waals surface area contributed by atoms with Gasteiger partial charge < -0.3 is 15.4 Å². The molecular formula is C24H16Br2ClN3O3. The second-order valence-electron chi connectivity index (χ2n) is 6.65. The molecule has 0 spiro atoms. The van der Waals surface area contributed by atoms with E-state index in [1.54, 1.807) is 48.5 Å². The van der Waals surface area contributed by atoms with E-state index in [1.165, 1.54) is 6.08 Å². The molecule has 0 fully saturated rings. The highest BCUT2D eigenvalue weighted by molar-refractivity contribution is 9.11. The maximum Gasteiger partial charge on any atom is 0.266 e. The Morgan fingerprint density at radius 2 is 1.58 bits per heavy atom. The first-order chi connectivity index (χ1) is 15.9. The fourth-order valence-electron chi connectivity index (χ4n) is 2.70. The van der Waals surface area contributed by atoms with Crippen LogP contribution >= 0.6 is 43.5 Å². The van der Waals surface area contributed by atoms with Gasteiger partial charge in [0.15, 0.2) is 6.61 Å². The molecule has 0 bridgehead atoms. The summed E-state index contributed by atoms with van der Waals surface area (Å²) in [6.45, 7) is -0.200. The van der Waals surface area contributed by atoms with Crippen molar-refractivity contribution in [1.29, 1.82) is 5.26 Å². The van der Waals surface area contributed by atoms with E-state index in [-0.39, 0.29) is 18.1 Å². The van der Waals surface area contributed by atoms with Gasteiger partial charge in [0, 0.05) is 16.4 Å². The molecule has 33 heavy (non-hydrogen) atoms. The van der Waals surface area contributed by atoms with Crippen molar-refractivity contribution in [3.63, 3.8) is 0 Å². The molecule has 3 aromatic carbocycles. The number of para-hydroxylation sites is 1. The predicted octanol–water partition coefficient (Wildman–Crippen LogP) is 6.43. The second kappa shape index (κ2) is 11.7. The molecule has 0 heterocycles. The smallest absolute Gasteiger partial charge is 0.266 e. The van der Waals surface area contributed by atoms with Crippen LogP contribution in [-0.4, -0.2) is 18.4 Å². The summed E-state index contributed by atoms with van der Waals surface area (Å²) in [6.07, 6.45) is 1.45. The van der Waals surface area contributed by atoms with E-state index < -0.39 is 5.91 Å². The van der Waals surface area contributed by atoms with Crippen LogP contribution in [0.5, 0.6) is 5.75 Å². The maximum atomic E-state index is 12.5. The number of ether oxygens (including phenoxy) is 1. The van der Waals surface area contributed by atoms with Crippen LogP contribution in [0.4, 0.5) is 11.4 Å². The van der Waals surface area contributed by atoms with Crippen molar-refractivity contribution < 1.29 is 14.3 Å². The number of carbonyl (C=O) groups is 2. The molecule has 9 heteroatoms. The van der Waals surface area contributed by atoms with Gasteiger partial charge in [-0.25, -0.2) is 0 Å². The summed E-state index contributed by atoms with van der Waals surface area (Å²) in [7, 11) is 0. The molecule has 166 valence electrons. The lowest BCUT2D eigenvalue weighted by Crippen LogP contribution is -2.20. The minimum Gasteiger partial charge on any atom is -0.481 e. The molecule has 0 unspecified atom stereocenters. The molecule has 0 aliphatic rings. The average molecular weight is 590 g/mol. The summed E-state index contributed by atoms with van der Waals surface area (Å²) >= 11 is 12.7. The minimum atomic E-state index is -0.551. The van der Waals surface area contributed by atoms with E-state index in [0.717, 1.165) is 0 Å². The lowest BCUT2D eigenvalue weighted by molar-refractivity contribution is -0.118. The van der Waals surface area contributed by atoms with Crippen LogP contribution in [0.15, 0.2) is 81.2 Å². The summed E-state index contributed by atoms with van der Waals surface area (Å²) in [5, 5.41) is 15.4. The van der Waals surface area contributed by atoms with Crippen molar-refractivity contribution in [2.24, 2.45) is 0 Å². The number of nitrogens with zero attached hydrogens (tertiary/aromatic N) is 1. The first kappa shape index (κ1) is 24.5. The highest BCUT2D eigenvalue weighted by Gasteiger charge is 2.14. The number of benzene rings is 3. The zero-order valence-electron chi connectivity index (χ0n) is 16.9. The molecule has 6 nitrogen and oxygen atoms in total. The molecule has 0 atom stereocenters. The van der Waals surface area contributed by atoms with Gasteiger partial charge in [0.2, 0.25) is 0 Å². The third kappa shape index (κ3) is 7.19. The van der Waals surface area contributed by atoms with Crippen molar-refractivity contribution in [1.82, 2.24) is 0 Å². The molecular weight excluding hydrogens is 574 g/mol. The monoisotopic (exact) mass is 587 g/mol. The zero-order chi connectivity index (χ0) is 23.8. The Morgan fingerprint density at radius 1 is 0.970 bits per heavy atom. The Bertz CT molecular complexity index is 1220. The normalized spacial score (nSPS) is 10.8. The fraction of sp³-hybridized carbons (Fsp3) is 0.0417. The van der Waals surface area contributed by atoms with E-state index in [0.29, 0.717) is 36.7 Å². The summed E-state index contributed by atoms with van der Waals surface area (Å²) < 4.78 is 6.74. The first-order valence-electron chi connectivity index (χ1n) is 9.51. The number of carbonyl (C=O) groups excluding carboxylic acids is 2. The summed E-state index contributed by atoms with van der Waals surface area (Å²) in [6, 6.07) is 20.9. The van der Waals surface area contributed by atoms with Gasteiger partial charge in [0.05, 0.1) is 8.95 Å². The van der Waals surface area contributed by atoms with E-state index in [4.69, 9.17) is 16.3 Å². The average Bonchev–Trinajstić information content (AvgIpc) is 2.79. The highest BCUT2D eigenvalue weighted by atomic mass is 79.9. The Morgan fingerprint density at radius 3 is 2.18 bits per heavy atom. The van der Waals surface area contributed by atoms with Crippen molar-refractivity contribution in [3.8, 4) is 11.8 Å². The van der Waals surface area contributed by atoms with E-state index in [2.05, 4.69) is 42.5 Å². The molecule has 3 rings (SSSR count). The van der Waals surface area contributed by atoms with Crippen LogP contribution < -0.4 is 15.4 Å². The molecule has 0 aliphatic carbocycles. The molecule has 0 aromatic heterocycles. The maximum absolute atomic E-state index is 12.5. The largest absolute Gasteiger partial charge is 0.481 e. The Hall–Kier alpha value is -3.12. The SMILES string of the molecule is N#C/C(=C/c1cc(Br)c(OCC(=O)Nc2ccccc2)c(Br)c1)C(=O)Nc1ccc(Cl)cc1. The lowest BCUT2D eigenvalue weighted by Gasteiger charge is -2.12. The molecule has 2 amide bonds. The summed E-state index contributed by atoms with van der Waals surface area (Å²) in [5.41, 5.74) is 1.69. The van der Waals surface area contributed by atoms with Crippen LogP contribution in [0.2, 0.25) is 5.02 Å². The quantitative estimate of drug-likeness (QED) is 0.246. The molecule has 2 N–H and O–H groups in total. The molecule has 0 saturated heterocycles. The number of nitriles is 1. The standard InChI is InChI=1S/C24H16Br2ClN3O3/c25-20-11-15(10-16(13-28)24(32)30-19-8-6-17(27)7-9-19)12-21(26)23(20)33-14-22(31)29-18-4-2-1-3-5-18/h1-12H,14H2,(H,29,31)(H,30,32)/b16-10-. The second-order valence-corrected chi connectivity index (χ2v) is 8.79. The Kier molecular flexibility index (Phi) is 8.66. The van der Waals surface area contributed by atoms with E-state index in [9.17, 15) is 14.9 Å². The summed E-state index contributed by atoms with van der Waals surface area (Å²) in [4.78, 5) is 24.6. The Balaban J connectivity index is 1.69. The van der Waals surface area contributed by atoms with E-state index in [1.807, 2.05) is 24.3 Å². The van der Waals surface area contributed by atoms with Crippen molar-refractivity contribution in [3.05, 3.63) is 91.8 Å². The predicted molar refractivity (Wildman–Crippen MR) is 136 cm³/mol. The van der Waals surface area contributed by atoms with Crippen LogP contribution in [0, 0.1) is 11.3 Å². The van der Waals surface area contributed by atoms with Gasteiger partial charge in [-0.2, -0.15) is 5.26 Å². The summed E-state index contributed by atoms with van der Waals surface area (Å²) in [5.74, 6) is -0.445. The third-order valence-corrected chi connectivity index (χ3v) is 5.63. The van der Waals surface area contributed by atoms with Gasteiger partial charge in [0.1, 0.15) is 17.4 Å². The van der Waals surface area contributed by atoms with Gasteiger partial charge in [-0.05, 0) is 92.0 Å². The molecule has 0 radical (unpaired) electrons. The number of rotatable bonds is 7. The number of hydrogen-bond acceptors (Lipinski definition) is 4. The fourth-order valence-corrected chi connectivity index (χ4v) is 4.28. The van der Waals surface area contributed by atoms with Gasteiger partial charge in [0.25, 0.3) is 11.8 Å². The van der Waals surface area contributed by atoms with Crippen LogP contribution in [0.3, 0.4) is 0 Å². The highest BCUT2D eigenvalue weighted by Crippen LogP contribution is 2.35. The van der Waals surface area contributed by atoms with Crippen molar-refractivity contribution in [2.75, 3.05) is 17.2 Å². The van der Waals surface area contributed by atoms with E-state index >= 15 is 0 Å². The Labute approximate surface area is 212 Å². The number of hydrogen-bond donors (Lipinski definition) is 2. The molecule has 3 aromatic rings.